The van der Waals surface area contributed by atoms with Crippen molar-refractivity contribution in [2.24, 2.45) is 0 Å². The van der Waals surface area contributed by atoms with Crippen LogP contribution >= 0.6 is 0 Å². The SMILES string of the molecule is Cc1ccc(N)cc1.O=S(=O)(F)F. The van der Waals surface area contributed by atoms with Crippen LogP contribution in [0.25, 0.3) is 0 Å². The van der Waals surface area contributed by atoms with Gasteiger partial charge in [0.1, 0.15) is 0 Å². The van der Waals surface area contributed by atoms with Crippen LogP contribution in [0.5, 0.6) is 0 Å². The molecule has 1 aromatic carbocycles. The van der Waals surface area contributed by atoms with E-state index in [0.717, 1.165) is 5.69 Å². The topological polar surface area (TPSA) is 60.2 Å². The van der Waals surface area contributed by atoms with Gasteiger partial charge in [0.15, 0.2) is 0 Å². The number of rotatable bonds is 0. The van der Waals surface area contributed by atoms with E-state index in [0.29, 0.717) is 0 Å². The fourth-order valence-corrected chi connectivity index (χ4v) is 0.566. The van der Waals surface area contributed by atoms with Crippen molar-refractivity contribution >= 4 is 16.3 Å². The molecule has 0 aliphatic rings. The molecule has 0 saturated heterocycles. The Morgan fingerprint density at radius 1 is 1.15 bits per heavy atom. The van der Waals surface area contributed by atoms with Gasteiger partial charge in [-0.1, -0.05) is 25.5 Å². The summed E-state index contributed by atoms with van der Waals surface area (Å²) in [6, 6.07) is 7.79. The Kier molecular flexibility index (Phi) is 4.33. The van der Waals surface area contributed by atoms with Crippen molar-refractivity contribution in [1.82, 2.24) is 0 Å². The lowest BCUT2D eigenvalue weighted by Gasteiger charge is -1.90. The molecule has 13 heavy (non-hydrogen) atoms. The van der Waals surface area contributed by atoms with E-state index in [1.54, 1.807) is 0 Å². The van der Waals surface area contributed by atoms with Gasteiger partial charge in [-0.15, -0.1) is 0 Å². The van der Waals surface area contributed by atoms with E-state index >= 15 is 0 Å². The fraction of sp³-hybridized carbons (Fsp3) is 0.143. The summed E-state index contributed by atoms with van der Waals surface area (Å²) < 4.78 is 36.6. The monoisotopic (exact) mass is 209 g/mol. The van der Waals surface area contributed by atoms with E-state index in [2.05, 4.69) is 0 Å². The van der Waals surface area contributed by atoms with E-state index in [-0.39, 0.29) is 0 Å². The summed E-state index contributed by atoms with van der Waals surface area (Å²) in [5, 5.41) is 0. The minimum absolute atomic E-state index is 0.829. The number of hydrogen-bond donors (Lipinski definition) is 1. The minimum atomic E-state index is -5.67. The van der Waals surface area contributed by atoms with Crippen LogP contribution in [0.3, 0.4) is 0 Å². The average molecular weight is 209 g/mol. The van der Waals surface area contributed by atoms with Gasteiger partial charge in [-0.2, -0.15) is 8.42 Å². The molecule has 3 nitrogen and oxygen atoms in total. The second-order valence-corrected chi connectivity index (χ2v) is 3.05. The van der Waals surface area contributed by atoms with Crippen molar-refractivity contribution in [1.29, 1.82) is 0 Å². The molecule has 0 aliphatic heterocycles. The Bertz CT molecular complexity index is 318. The van der Waals surface area contributed by atoms with Crippen molar-refractivity contribution in [3.63, 3.8) is 0 Å². The molecule has 0 radical (unpaired) electrons. The molecule has 0 saturated carbocycles. The maximum atomic E-state index is 9.99. The Morgan fingerprint density at radius 2 is 1.46 bits per heavy atom. The van der Waals surface area contributed by atoms with Crippen LogP contribution in [0.4, 0.5) is 13.5 Å². The quantitative estimate of drug-likeness (QED) is 0.523. The number of benzene rings is 1. The summed E-state index contributed by atoms with van der Waals surface area (Å²) in [4.78, 5) is 0. The van der Waals surface area contributed by atoms with E-state index in [1.165, 1.54) is 5.56 Å². The van der Waals surface area contributed by atoms with Gasteiger partial charge in [-0.25, -0.2) is 0 Å². The Labute approximate surface area is 75.7 Å². The summed E-state index contributed by atoms with van der Waals surface area (Å²) in [5.74, 6) is 0. The van der Waals surface area contributed by atoms with E-state index < -0.39 is 10.6 Å². The number of hydrogen-bond acceptors (Lipinski definition) is 3. The molecular formula is C7H9F2NO2S. The highest BCUT2D eigenvalue weighted by Gasteiger charge is 1.94. The first-order chi connectivity index (χ1) is 5.79. The molecule has 0 aromatic heterocycles. The molecule has 0 amide bonds. The molecule has 0 bridgehead atoms. The second kappa shape index (κ2) is 4.76. The van der Waals surface area contributed by atoms with Gasteiger partial charge >= 0.3 is 10.6 Å². The predicted molar refractivity (Wildman–Crippen MR) is 46.7 cm³/mol. The second-order valence-electron chi connectivity index (χ2n) is 2.29. The van der Waals surface area contributed by atoms with Crippen molar-refractivity contribution in [2.75, 3.05) is 5.73 Å². The molecule has 74 valence electrons. The summed E-state index contributed by atoms with van der Waals surface area (Å²) in [7, 11) is -5.67. The van der Waals surface area contributed by atoms with Gasteiger partial charge in [-0.3, -0.25) is 0 Å². The Morgan fingerprint density at radius 3 is 1.69 bits per heavy atom. The molecule has 1 aromatic rings. The highest BCUT2D eigenvalue weighted by Crippen LogP contribution is 2.02. The fourth-order valence-electron chi connectivity index (χ4n) is 0.566. The molecule has 0 unspecified atom stereocenters. The highest BCUT2D eigenvalue weighted by molar-refractivity contribution is 7.81. The lowest BCUT2D eigenvalue weighted by molar-refractivity contribution is 0.501. The van der Waals surface area contributed by atoms with Crippen molar-refractivity contribution in [3.05, 3.63) is 29.8 Å². The van der Waals surface area contributed by atoms with Gasteiger partial charge in [0, 0.05) is 5.69 Å². The van der Waals surface area contributed by atoms with Crippen LogP contribution in [0.1, 0.15) is 5.56 Å². The summed E-state index contributed by atoms with van der Waals surface area (Å²) >= 11 is 0. The maximum Gasteiger partial charge on any atom is 0.476 e. The molecule has 0 aliphatic carbocycles. The zero-order chi connectivity index (χ0) is 10.5. The first kappa shape index (κ1) is 11.8. The number of halogens is 2. The number of aryl methyl sites for hydroxylation is 1. The summed E-state index contributed by atoms with van der Waals surface area (Å²) in [6.07, 6.45) is 0. The molecule has 2 N–H and O–H groups in total. The minimum Gasteiger partial charge on any atom is -0.399 e. The first-order valence-electron chi connectivity index (χ1n) is 3.25. The van der Waals surface area contributed by atoms with E-state index in [9.17, 15) is 7.77 Å². The third kappa shape index (κ3) is 10.8. The van der Waals surface area contributed by atoms with Gasteiger partial charge in [0.05, 0.1) is 0 Å². The molecule has 0 fully saturated rings. The predicted octanol–water partition coefficient (Wildman–Crippen LogP) is 1.75. The van der Waals surface area contributed by atoms with Crippen molar-refractivity contribution in [2.45, 2.75) is 6.92 Å². The molecule has 6 heteroatoms. The molecule has 0 spiro atoms. The average Bonchev–Trinajstić information content (AvgIpc) is 1.92. The van der Waals surface area contributed by atoms with Crippen LogP contribution in [-0.2, 0) is 10.6 Å². The Hall–Kier alpha value is -1.17. The zero-order valence-corrected chi connectivity index (χ0v) is 7.68. The first-order valence-corrected chi connectivity index (χ1v) is 4.54. The number of nitrogens with two attached hydrogens (primary N) is 1. The molecule has 0 heterocycles. The van der Waals surface area contributed by atoms with E-state index in [1.807, 2.05) is 31.2 Å². The van der Waals surface area contributed by atoms with Gasteiger partial charge in [-0.05, 0) is 19.1 Å². The highest BCUT2D eigenvalue weighted by atomic mass is 32.3. The standard InChI is InChI=1S/C7H9N.F2O2S/c1-6-2-4-7(8)5-3-6;1-5(2,3)4/h2-5H,8H2,1H3;. The number of anilines is 1. The van der Waals surface area contributed by atoms with Crippen molar-refractivity contribution in [3.8, 4) is 0 Å². The molecular weight excluding hydrogens is 200 g/mol. The van der Waals surface area contributed by atoms with Crippen LogP contribution in [0, 0.1) is 6.92 Å². The molecule has 0 atom stereocenters. The van der Waals surface area contributed by atoms with Crippen LogP contribution in [-0.4, -0.2) is 8.42 Å². The smallest absolute Gasteiger partial charge is 0.399 e. The van der Waals surface area contributed by atoms with Gasteiger partial charge < -0.3 is 5.73 Å². The lowest BCUT2D eigenvalue weighted by atomic mass is 10.2. The van der Waals surface area contributed by atoms with E-state index in [4.69, 9.17) is 14.2 Å². The summed E-state index contributed by atoms with van der Waals surface area (Å²) in [5.41, 5.74) is 7.51. The van der Waals surface area contributed by atoms with Crippen molar-refractivity contribution < 1.29 is 16.2 Å². The van der Waals surface area contributed by atoms with Crippen LogP contribution in [0.2, 0.25) is 0 Å². The third-order valence-corrected chi connectivity index (χ3v) is 1.08. The normalized spacial score (nSPS) is 10.1. The lowest BCUT2D eigenvalue weighted by Crippen LogP contribution is -1.81. The van der Waals surface area contributed by atoms with Gasteiger partial charge in [0.2, 0.25) is 0 Å². The summed E-state index contributed by atoms with van der Waals surface area (Å²) in [6.45, 7) is 2.04. The third-order valence-electron chi connectivity index (χ3n) is 1.08. The van der Waals surface area contributed by atoms with Crippen LogP contribution in [0.15, 0.2) is 24.3 Å². The zero-order valence-electron chi connectivity index (χ0n) is 6.87. The van der Waals surface area contributed by atoms with Gasteiger partial charge in [0.25, 0.3) is 0 Å². The van der Waals surface area contributed by atoms with Crippen LogP contribution < -0.4 is 5.73 Å². The largest absolute Gasteiger partial charge is 0.476 e. The maximum absolute atomic E-state index is 9.99. The molecule has 1 rings (SSSR count). The Balaban J connectivity index is 0.000000252. The number of nitrogen functional groups attached to an aromatic ring is 1.